The first-order chi connectivity index (χ1) is 10.7. The fourth-order valence-corrected chi connectivity index (χ4v) is 2.94. The average molecular weight is 300 g/mol. The van der Waals surface area contributed by atoms with Crippen LogP contribution in [0.1, 0.15) is 31.0 Å². The summed E-state index contributed by atoms with van der Waals surface area (Å²) in [6.07, 6.45) is 4.22. The molecule has 0 spiro atoms. The fourth-order valence-electron chi connectivity index (χ4n) is 2.94. The summed E-state index contributed by atoms with van der Waals surface area (Å²) in [4.78, 5) is 16.2. The molecule has 0 aliphatic heterocycles. The Morgan fingerprint density at radius 2 is 2.14 bits per heavy atom. The van der Waals surface area contributed by atoms with Crippen molar-refractivity contribution in [3.8, 4) is 5.75 Å². The lowest BCUT2D eigenvalue weighted by Gasteiger charge is -2.19. The number of aryl methyl sites for hydroxylation is 1. The number of aromatic nitrogens is 1. The Kier molecular flexibility index (Phi) is 4.13. The molecule has 0 amide bonds. The van der Waals surface area contributed by atoms with Gasteiger partial charge in [-0.05, 0) is 50.3 Å². The van der Waals surface area contributed by atoms with Gasteiger partial charge in [-0.25, -0.2) is 4.79 Å². The minimum atomic E-state index is -0.385. The molecule has 1 aromatic carbocycles. The molecule has 5 heteroatoms. The van der Waals surface area contributed by atoms with E-state index >= 15 is 0 Å². The molecule has 0 atom stereocenters. The van der Waals surface area contributed by atoms with Crippen LogP contribution < -0.4 is 10.5 Å². The van der Waals surface area contributed by atoms with Crippen LogP contribution in [0.2, 0.25) is 0 Å². The summed E-state index contributed by atoms with van der Waals surface area (Å²) in [6.45, 7) is 1.99. The number of rotatable bonds is 4. The van der Waals surface area contributed by atoms with Crippen LogP contribution in [0.4, 0.5) is 5.69 Å². The lowest BCUT2D eigenvalue weighted by Crippen LogP contribution is -2.15. The number of ether oxygens (including phenoxy) is 2. The Morgan fingerprint density at radius 1 is 1.32 bits per heavy atom. The van der Waals surface area contributed by atoms with Crippen molar-refractivity contribution in [1.29, 1.82) is 0 Å². The molecule has 2 aromatic rings. The van der Waals surface area contributed by atoms with Gasteiger partial charge in [0.1, 0.15) is 5.75 Å². The second kappa shape index (κ2) is 6.22. The molecular weight excluding hydrogens is 280 g/mol. The van der Waals surface area contributed by atoms with Gasteiger partial charge in [0.05, 0.1) is 17.5 Å². The molecule has 5 nitrogen and oxygen atoms in total. The summed E-state index contributed by atoms with van der Waals surface area (Å²) < 4.78 is 10.5. The zero-order valence-electron chi connectivity index (χ0n) is 12.7. The number of carbonyl (C=O) groups is 1. The van der Waals surface area contributed by atoms with Gasteiger partial charge in [0.15, 0.2) is 6.61 Å². The van der Waals surface area contributed by atoms with Crippen LogP contribution in [0.25, 0.3) is 10.9 Å². The number of pyridine rings is 1. The number of nitrogens with two attached hydrogens (primary N) is 1. The Bertz CT molecular complexity index is 713. The van der Waals surface area contributed by atoms with E-state index in [4.69, 9.17) is 20.2 Å². The quantitative estimate of drug-likeness (QED) is 0.879. The van der Waals surface area contributed by atoms with E-state index in [1.165, 1.54) is 0 Å². The number of hydrogen-bond donors (Lipinski definition) is 1. The first-order valence-corrected chi connectivity index (χ1v) is 7.69. The second-order valence-corrected chi connectivity index (χ2v) is 5.40. The highest BCUT2D eigenvalue weighted by Gasteiger charge is 2.19. The Morgan fingerprint density at radius 3 is 2.95 bits per heavy atom. The zero-order valence-corrected chi connectivity index (χ0v) is 12.7. The van der Waals surface area contributed by atoms with E-state index in [0.717, 1.165) is 53.5 Å². The van der Waals surface area contributed by atoms with Crippen LogP contribution in [0.15, 0.2) is 18.2 Å². The Balaban J connectivity index is 1.98. The molecule has 0 unspecified atom stereocenters. The number of esters is 1. The van der Waals surface area contributed by atoms with Gasteiger partial charge in [-0.2, -0.15) is 0 Å². The molecule has 0 saturated heterocycles. The first kappa shape index (κ1) is 14.6. The lowest BCUT2D eigenvalue weighted by atomic mass is 9.93. The Labute approximate surface area is 129 Å². The third kappa shape index (κ3) is 2.71. The fraction of sp³-hybridized carbons (Fsp3) is 0.412. The summed E-state index contributed by atoms with van der Waals surface area (Å²) in [5.41, 5.74) is 10.2. The van der Waals surface area contributed by atoms with Gasteiger partial charge in [0, 0.05) is 11.4 Å². The predicted octanol–water partition coefficient (Wildman–Crippen LogP) is 2.64. The lowest BCUT2D eigenvalue weighted by molar-refractivity contribution is -0.145. The second-order valence-electron chi connectivity index (χ2n) is 5.40. The van der Waals surface area contributed by atoms with Crippen LogP contribution in [0, 0.1) is 0 Å². The van der Waals surface area contributed by atoms with E-state index in [9.17, 15) is 4.79 Å². The van der Waals surface area contributed by atoms with Crippen molar-refractivity contribution >= 4 is 22.6 Å². The van der Waals surface area contributed by atoms with Crippen molar-refractivity contribution in [2.45, 2.75) is 32.6 Å². The molecule has 0 fully saturated rings. The highest BCUT2D eigenvalue weighted by molar-refractivity contribution is 5.97. The number of nitrogen functional groups attached to an aromatic ring is 1. The van der Waals surface area contributed by atoms with Crippen LogP contribution in [-0.2, 0) is 22.4 Å². The molecule has 0 radical (unpaired) electrons. The van der Waals surface area contributed by atoms with Gasteiger partial charge in [0.25, 0.3) is 0 Å². The normalized spacial score (nSPS) is 13.7. The molecular formula is C17H20N2O3. The van der Waals surface area contributed by atoms with Crippen LogP contribution in [0.3, 0.4) is 0 Å². The molecule has 0 saturated carbocycles. The van der Waals surface area contributed by atoms with Crippen LogP contribution in [0.5, 0.6) is 5.75 Å². The monoisotopic (exact) mass is 300 g/mol. The van der Waals surface area contributed by atoms with Gasteiger partial charge in [-0.15, -0.1) is 0 Å². The smallest absolute Gasteiger partial charge is 0.344 e. The van der Waals surface area contributed by atoms with Gasteiger partial charge in [-0.1, -0.05) is 6.07 Å². The van der Waals surface area contributed by atoms with Crippen molar-refractivity contribution in [3.63, 3.8) is 0 Å². The summed E-state index contributed by atoms with van der Waals surface area (Å²) in [5, 5.41) is 0.799. The van der Waals surface area contributed by atoms with E-state index in [-0.39, 0.29) is 12.6 Å². The number of anilines is 1. The predicted molar refractivity (Wildman–Crippen MR) is 84.9 cm³/mol. The number of hydrogen-bond acceptors (Lipinski definition) is 5. The van der Waals surface area contributed by atoms with Crippen molar-refractivity contribution in [1.82, 2.24) is 4.98 Å². The SMILES string of the molecule is CCOC(=O)COc1cccc2nc3c(c(N)c12)CCCC3. The standard InChI is InChI=1S/C17H20N2O3/c1-2-21-15(20)10-22-14-9-5-8-13-16(14)17(18)11-6-3-4-7-12(11)19-13/h5,8-9H,2-4,6-7,10H2,1H3,(H2,18,19). The summed E-state index contributed by atoms with van der Waals surface area (Å²) in [5.74, 6) is 0.202. The van der Waals surface area contributed by atoms with Crippen molar-refractivity contribution < 1.29 is 14.3 Å². The maximum Gasteiger partial charge on any atom is 0.344 e. The molecule has 1 aliphatic rings. The van der Waals surface area contributed by atoms with Crippen molar-refractivity contribution in [3.05, 3.63) is 29.5 Å². The first-order valence-electron chi connectivity index (χ1n) is 7.69. The number of benzene rings is 1. The number of fused-ring (bicyclic) bond motifs is 2. The van der Waals surface area contributed by atoms with Gasteiger partial charge >= 0.3 is 5.97 Å². The molecule has 1 heterocycles. The maximum absolute atomic E-state index is 11.5. The minimum Gasteiger partial charge on any atom is -0.481 e. The third-order valence-electron chi connectivity index (χ3n) is 3.94. The molecule has 22 heavy (non-hydrogen) atoms. The van der Waals surface area contributed by atoms with E-state index in [2.05, 4.69) is 0 Å². The zero-order chi connectivity index (χ0) is 15.5. The largest absolute Gasteiger partial charge is 0.481 e. The minimum absolute atomic E-state index is 0.122. The van der Waals surface area contributed by atoms with Crippen molar-refractivity contribution in [2.75, 3.05) is 18.9 Å². The van der Waals surface area contributed by atoms with Crippen LogP contribution in [-0.4, -0.2) is 24.2 Å². The molecule has 3 rings (SSSR count). The van der Waals surface area contributed by atoms with Gasteiger partial charge in [0.2, 0.25) is 0 Å². The number of carbonyl (C=O) groups excluding carboxylic acids is 1. The van der Waals surface area contributed by atoms with E-state index in [1.807, 2.05) is 18.2 Å². The molecule has 1 aromatic heterocycles. The van der Waals surface area contributed by atoms with E-state index in [0.29, 0.717) is 12.4 Å². The average Bonchev–Trinajstić information content (AvgIpc) is 2.53. The third-order valence-corrected chi connectivity index (χ3v) is 3.94. The number of nitrogens with zero attached hydrogens (tertiary/aromatic N) is 1. The molecule has 0 bridgehead atoms. The summed E-state index contributed by atoms with van der Waals surface area (Å²) in [6, 6.07) is 5.61. The van der Waals surface area contributed by atoms with E-state index < -0.39 is 0 Å². The van der Waals surface area contributed by atoms with E-state index in [1.54, 1.807) is 6.92 Å². The molecule has 116 valence electrons. The summed E-state index contributed by atoms with van der Waals surface area (Å²) >= 11 is 0. The molecule has 2 N–H and O–H groups in total. The summed E-state index contributed by atoms with van der Waals surface area (Å²) in [7, 11) is 0. The maximum atomic E-state index is 11.5. The van der Waals surface area contributed by atoms with Gasteiger partial charge in [-0.3, -0.25) is 4.98 Å². The van der Waals surface area contributed by atoms with Gasteiger partial charge < -0.3 is 15.2 Å². The van der Waals surface area contributed by atoms with Crippen molar-refractivity contribution in [2.24, 2.45) is 0 Å². The Hall–Kier alpha value is -2.30. The topological polar surface area (TPSA) is 74.4 Å². The highest BCUT2D eigenvalue weighted by atomic mass is 16.6. The molecule has 1 aliphatic carbocycles. The highest BCUT2D eigenvalue weighted by Crippen LogP contribution is 2.36. The van der Waals surface area contributed by atoms with Crippen LogP contribution >= 0.6 is 0 Å².